The van der Waals surface area contributed by atoms with Crippen LogP contribution in [0.2, 0.25) is 0 Å². The van der Waals surface area contributed by atoms with Crippen molar-refractivity contribution < 1.29 is 4.79 Å². The molecule has 1 N–H and O–H groups in total. The molecule has 0 spiro atoms. The second-order valence-corrected chi connectivity index (χ2v) is 4.10. The maximum Gasteiger partial charge on any atom is 0.243 e. The molecule has 0 aromatic rings. The highest BCUT2D eigenvalue weighted by Gasteiger charge is 2.07. The van der Waals surface area contributed by atoms with Crippen molar-refractivity contribution in [2.24, 2.45) is 0 Å². The maximum atomic E-state index is 10.9. The van der Waals surface area contributed by atoms with Gasteiger partial charge in [-0.05, 0) is 45.0 Å². The van der Waals surface area contributed by atoms with Crippen molar-refractivity contribution in [3.05, 3.63) is 12.7 Å². The molecule has 1 aliphatic heterocycles. The number of likely N-dealkylation sites (tertiary alicyclic amines) is 1. The van der Waals surface area contributed by atoms with Crippen LogP contribution in [-0.2, 0) is 4.79 Å². The van der Waals surface area contributed by atoms with Gasteiger partial charge >= 0.3 is 0 Å². The quantitative estimate of drug-likeness (QED) is 0.551. The number of carbonyl (C=O) groups excluding carboxylic acids is 1. The number of rotatable bonds is 5. The summed E-state index contributed by atoms with van der Waals surface area (Å²) in [6, 6.07) is 0. The summed E-state index contributed by atoms with van der Waals surface area (Å²) < 4.78 is 0. The Balaban J connectivity index is 2.03. The summed E-state index contributed by atoms with van der Waals surface area (Å²) in [7, 11) is 0. The summed E-state index contributed by atoms with van der Waals surface area (Å²) in [5, 5.41) is 2.80. The fourth-order valence-corrected chi connectivity index (χ4v) is 1.95. The molecule has 3 nitrogen and oxygen atoms in total. The average molecular weight is 210 g/mol. The predicted molar refractivity (Wildman–Crippen MR) is 62.7 cm³/mol. The molecular formula is C12H22N2O. The molecule has 0 atom stereocenters. The van der Waals surface area contributed by atoms with Crippen molar-refractivity contribution in [1.82, 2.24) is 10.2 Å². The van der Waals surface area contributed by atoms with Gasteiger partial charge in [0.1, 0.15) is 0 Å². The van der Waals surface area contributed by atoms with Gasteiger partial charge < -0.3 is 10.2 Å². The zero-order valence-electron chi connectivity index (χ0n) is 9.50. The Labute approximate surface area is 92.5 Å². The number of hydrogen-bond donors (Lipinski definition) is 1. The second-order valence-electron chi connectivity index (χ2n) is 4.10. The van der Waals surface area contributed by atoms with Crippen molar-refractivity contribution >= 4 is 5.91 Å². The first-order valence-electron chi connectivity index (χ1n) is 5.95. The summed E-state index contributed by atoms with van der Waals surface area (Å²) >= 11 is 0. The Morgan fingerprint density at radius 1 is 1.27 bits per heavy atom. The lowest BCUT2D eigenvalue weighted by molar-refractivity contribution is -0.116. The Hall–Kier alpha value is -0.830. The highest BCUT2D eigenvalue weighted by molar-refractivity contribution is 5.86. The van der Waals surface area contributed by atoms with Crippen molar-refractivity contribution in [3.8, 4) is 0 Å². The minimum atomic E-state index is -0.0640. The van der Waals surface area contributed by atoms with Crippen LogP contribution in [0, 0.1) is 0 Å². The van der Waals surface area contributed by atoms with Crippen molar-refractivity contribution in [1.29, 1.82) is 0 Å². The van der Waals surface area contributed by atoms with Gasteiger partial charge in [0.15, 0.2) is 0 Å². The topological polar surface area (TPSA) is 32.3 Å². The lowest BCUT2D eigenvalue weighted by Crippen LogP contribution is -2.29. The fourth-order valence-electron chi connectivity index (χ4n) is 1.95. The Morgan fingerprint density at radius 2 is 1.93 bits per heavy atom. The van der Waals surface area contributed by atoms with E-state index in [4.69, 9.17) is 0 Å². The molecule has 0 aromatic heterocycles. The van der Waals surface area contributed by atoms with Crippen LogP contribution in [-0.4, -0.2) is 37.0 Å². The molecular weight excluding hydrogens is 188 g/mol. The number of carbonyl (C=O) groups is 1. The first-order chi connectivity index (χ1) is 7.33. The van der Waals surface area contributed by atoms with Crippen molar-refractivity contribution in [2.75, 3.05) is 26.2 Å². The molecule has 3 heteroatoms. The molecule has 0 aromatic carbocycles. The first-order valence-corrected chi connectivity index (χ1v) is 5.95. The zero-order chi connectivity index (χ0) is 10.9. The third kappa shape index (κ3) is 5.57. The van der Waals surface area contributed by atoms with Gasteiger partial charge in [-0.25, -0.2) is 0 Å². The van der Waals surface area contributed by atoms with E-state index in [0.29, 0.717) is 0 Å². The van der Waals surface area contributed by atoms with Crippen LogP contribution < -0.4 is 5.32 Å². The molecule has 1 fully saturated rings. The lowest BCUT2D eigenvalue weighted by Gasteiger charge is -2.19. The van der Waals surface area contributed by atoms with Gasteiger partial charge in [0, 0.05) is 6.54 Å². The van der Waals surface area contributed by atoms with E-state index in [9.17, 15) is 4.79 Å². The molecule has 0 bridgehead atoms. The standard InChI is InChI=1S/C12H22N2O/c1-2-12(15)13-8-7-11-14-9-5-3-4-6-10-14/h2H,1,3-11H2,(H,13,15). The Morgan fingerprint density at radius 3 is 2.53 bits per heavy atom. The average Bonchev–Trinajstić information content (AvgIpc) is 2.52. The summed E-state index contributed by atoms with van der Waals surface area (Å²) in [6.07, 6.45) is 7.79. The molecule has 1 saturated heterocycles. The van der Waals surface area contributed by atoms with Crippen LogP contribution in [0.25, 0.3) is 0 Å². The summed E-state index contributed by atoms with van der Waals surface area (Å²) in [5.74, 6) is -0.0640. The van der Waals surface area contributed by atoms with Crippen LogP contribution in [0.5, 0.6) is 0 Å². The minimum absolute atomic E-state index is 0.0640. The molecule has 1 amide bonds. The Kier molecular flexibility index (Phi) is 6.09. The van der Waals surface area contributed by atoms with Gasteiger partial charge in [-0.15, -0.1) is 0 Å². The number of nitrogens with one attached hydrogen (secondary N) is 1. The van der Waals surface area contributed by atoms with Gasteiger partial charge in [-0.1, -0.05) is 19.4 Å². The monoisotopic (exact) mass is 210 g/mol. The van der Waals surface area contributed by atoms with Crippen LogP contribution in [0.4, 0.5) is 0 Å². The normalized spacial score (nSPS) is 18.1. The smallest absolute Gasteiger partial charge is 0.243 e. The molecule has 0 radical (unpaired) electrons. The van der Waals surface area contributed by atoms with E-state index in [1.165, 1.54) is 44.8 Å². The Bertz CT molecular complexity index is 196. The largest absolute Gasteiger partial charge is 0.353 e. The van der Waals surface area contributed by atoms with Crippen molar-refractivity contribution in [3.63, 3.8) is 0 Å². The van der Waals surface area contributed by atoms with E-state index < -0.39 is 0 Å². The number of amides is 1. The number of hydrogen-bond acceptors (Lipinski definition) is 2. The van der Waals surface area contributed by atoms with Crippen LogP contribution >= 0.6 is 0 Å². The van der Waals surface area contributed by atoms with E-state index in [1.54, 1.807) is 0 Å². The van der Waals surface area contributed by atoms with E-state index in [-0.39, 0.29) is 5.91 Å². The van der Waals surface area contributed by atoms with Crippen LogP contribution in [0.1, 0.15) is 32.1 Å². The molecule has 1 aliphatic rings. The van der Waals surface area contributed by atoms with Gasteiger partial charge in [0.25, 0.3) is 0 Å². The molecule has 15 heavy (non-hydrogen) atoms. The van der Waals surface area contributed by atoms with Crippen molar-refractivity contribution in [2.45, 2.75) is 32.1 Å². The predicted octanol–water partition coefficient (Wildman–Crippen LogP) is 1.55. The molecule has 1 heterocycles. The van der Waals surface area contributed by atoms with Gasteiger partial charge in [0.2, 0.25) is 5.91 Å². The van der Waals surface area contributed by atoms with E-state index >= 15 is 0 Å². The van der Waals surface area contributed by atoms with E-state index in [1.807, 2.05) is 0 Å². The van der Waals surface area contributed by atoms with Gasteiger partial charge in [-0.2, -0.15) is 0 Å². The van der Waals surface area contributed by atoms with E-state index in [2.05, 4.69) is 16.8 Å². The SMILES string of the molecule is C=CC(=O)NCCCN1CCCCCC1. The molecule has 1 rings (SSSR count). The van der Waals surface area contributed by atoms with E-state index in [0.717, 1.165) is 19.5 Å². The molecule has 0 unspecified atom stereocenters. The lowest BCUT2D eigenvalue weighted by atomic mass is 10.2. The summed E-state index contributed by atoms with van der Waals surface area (Å²) in [4.78, 5) is 13.4. The van der Waals surface area contributed by atoms with Crippen LogP contribution in [0.15, 0.2) is 12.7 Å². The van der Waals surface area contributed by atoms with Crippen LogP contribution in [0.3, 0.4) is 0 Å². The molecule has 0 saturated carbocycles. The zero-order valence-corrected chi connectivity index (χ0v) is 9.50. The minimum Gasteiger partial charge on any atom is -0.353 e. The first kappa shape index (κ1) is 12.2. The van der Waals surface area contributed by atoms with Gasteiger partial charge in [-0.3, -0.25) is 4.79 Å². The second kappa shape index (κ2) is 7.46. The van der Waals surface area contributed by atoms with Gasteiger partial charge in [0.05, 0.1) is 0 Å². The molecule has 86 valence electrons. The summed E-state index contributed by atoms with van der Waals surface area (Å²) in [5.41, 5.74) is 0. The molecule has 0 aliphatic carbocycles. The summed E-state index contributed by atoms with van der Waals surface area (Å²) in [6.45, 7) is 7.76. The maximum absolute atomic E-state index is 10.9. The third-order valence-electron chi connectivity index (χ3n) is 2.83. The fraction of sp³-hybridized carbons (Fsp3) is 0.750. The highest BCUT2D eigenvalue weighted by atomic mass is 16.1. The highest BCUT2D eigenvalue weighted by Crippen LogP contribution is 2.09. The number of nitrogens with zero attached hydrogens (tertiary/aromatic N) is 1. The third-order valence-corrected chi connectivity index (χ3v) is 2.83.